The summed E-state index contributed by atoms with van der Waals surface area (Å²) >= 11 is 0. The quantitative estimate of drug-likeness (QED) is 0.790. The highest BCUT2D eigenvalue weighted by Crippen LogP contribution is 2.42. The highest BCUT2D eigenvalue weighted by Gasteiger charge is 2.60. The molecule has 3 rings (SSSR count). The van der Waals surface area contributed by atoms with Gasteiger partial charge in [0, 0.05) is 11.8 Å². The zero-order valence-corrected chi connectivity index (χ0v) is 14.0. The summed E-state index contributed by atoms with van der Waals surface area (Å²) in [5, 5.41) is 10.1. The van der Waals surface area contributed by atoms with Crippen LogP contribution >= 0.6 is 0 Å². The summed E-state index contributed by atoms with van der Waals surface area (Å²) in [4.78, 5) is 15.8. The molecule has 1 aromatic carbocycles. The predicted molar refractivity (Wildman–Crippen MR) is 88.9 cm³/mol. The van der Waals surface area contributed by atoms with Gasteiger partial charge in [-0.25, -0.2) is 4.79 Å². The Labute approximate surface area is 149 Å². The van der Waals surface area contributed by atoms with Crippen LogP contribution in [0.3, 0.4) is 0 Å². The van der Waals surface area contributed by atoms with Crippen molar-refractivity contribution in [1.29, 1.82) is 0 Å². The van der Waals surface area contributed by atoms with Crippen LogP contribution in [0.1, 0.15) is 31.2 Å². The molecule has 0 saturated heterocycles. The van der Waals surface area contributed by atoms with Crippen molar-refractivity contribution < 1.29 is 28.2 Å². The number of ether oxygens (including phenoxy) is 2. The van der Waals surface area contributed by atoms with Crippen molar-refractivity contribution in [3.05, 3.63) is 54.4 Å². The average Bonchev–Trinajstić information content (AvgIpc) is 3.10. The van der Waals surface area contributed by atoms with Gasteiger partial charge in [0.25, 0.3) is 0 Å². The summed E-state index contributed by atoms with van der Waals surface area (Å²) in [5.74, 6) is -4.83. The Morgan fingerprint density at radius 2 is 1.92 bits per heavy atom. The number of esters is 1. The summed E-state index contributed by atoms with van der Waals surface area (Å²) in [6.45, 7) is -0.388. The number of rotatable bonds is 6. The second kappa shape index (κ2) is 7.37. The molecule has 138 valence electrons. The summed E-state index contributed by atoms with van der Waals surface area (Å²) < 4.78 is 39.0. The van der Waals surface area contributed by atoms with Gasteiger partial charge in [-0.1, -0.05) is 31.0 Å². The molecule has 0 aliphatic heterocycles. The maximum Gasteiger partial charge on any atom is 0.380 e. The third-order valence-corrected chi connectivity index (χ3v) is 4.47. The first-order chi connectivity index (χ1) is 12.4. The highest BCUT2D eigenvalue weighted by atomic mass is 19.3. The van der Waals surface area contributed by atoms with E-state index < -0.39 is 17.5 Å². The first kappa shape index (κ1) is 18.3. The molecule has 0 amide bonds. The van der Waals surface area contributed by atoms with Gasteiger partial charge in [-0.15, -0.1) is 0 Å². The molecule has 1 aliphatic rings. The van der Waals surface area contributed by atoms with Crippen LogP contribution in [-0.4, -0.2) is 27.6 Å². The largest absolute Gasteiger partial charge is 0.456 e. The summed E-state index contributed by atoms with van der Waals surface area (Å²) in [6, 6.07) is 10.0. The molecule has 2 aromatic rings. The molecule has 0 unspecified atom stereocenters. The molecule has 7 heteroatoms. The van der Waals surface area contributed by atoms with Gasteiger partial charge in [0.2, 0.25) is 0 Å². The maximum absolute atomic E-state index is 14.3. The molecule has 1 aliphatic carbocycles. The molecule has 1 N–H and O–H groups in total. The third kappa shape index (κ3) is 3.67. The van der Waals surface area contributed by atoms with Crippen molar-refractivity contribution in [2.45, 2.75) is 43.8 Å². The van der Waals surface area contributed by atoms with Gasteiger partial charge in [-0.05, 0) is 31.0 Å². The minimum atomic E-state index is -3.94. The number of aliphatic hydroxyl groups is 1. The van der Waals surface area contributed by atoms with Crippen molar-refractivity contribution in [2.24, 2.45) is 0 Å². The van der Waals surface area contributed by atoms with Crippen LogP contribution in [0.25, 0.3) is 0 Å². The number of benzene rings is 1. The monoisotopic (exact) mass is 363 g/mol. The van der Waals surface area contributed by atoms with Crippen LogP contribution in [-0.2, 0) is 16.1 Å². The average molecular weight is 363 g/mol. The molecule has 1 aromatic heterocycles. The van der Waals surface area contributed by atoms with Gasteiger partial charge >= 0.3 is 11.9 Å². The standard InChI is InChI=1S/C19H19F2NO4/c20-19(21,18(24)9-3-4-10-18)17(23)25-13-14-6-1-2-8-16(14)26-15-7-5-11-22-12-15/h1-2,5-8,11-12,24H,3-4,9-10,13H2. The Balaban J connectivity index is 1.69. The van der Waals surface area contributed by atoms with E-state index in [9.17, 15) is 18.7 Å². The predicted octanol–water partition coefficient (Wildman–Crippen LogP) is 3.86. The fourth-order valence-corrected chi connectivity index (χ4v) is 2.95. The smallest absolute Gasteiger partial charge is 0.380 e. The van der Waals surface area contributed by atoms with E-state index in [1.165, 1.54) is 6.20 Å². The van der Waals surface area contributed by atoms with Crippen molar-refractivity contribution >= 4 is 5.97 Å². The first-order valence-electron chi connectivity index (χ1n) is 8.36. The molecule has 5 nitrogen and oxygen atoms in total. The van der Waals surface area contributed by atoms with Crippen molar-refractivity contribution in [2.75, 3.05) is 0 Å². The Bertz CT molecular complexity index is 761. The minimum Gasteiger partial charge on any atom is -0.456 e. The Hall–Kier alpha value is -2.54. The topological polar surface area (TPSA) is 68.7 Å². The van der Waals surface area contributed by atoms with E-state index in [0.717, 1.165) is 0 Å². The second-order valence-corrected chi connectivity index (χ2v) is 6.29. The minimum absolute atomic E-state index is 0.115. The first-order valence-corrected chi connectivity index (χ1v) is 8.36. The lowest BCUT2D eigenvalue weighted by molar-refractivity contribution is -0.213. The number of halogens is 2. The van der Waals surface area contributed by atoms with Gasteiger partial charge in [0.05, 0.1) is 6.20 Å². The van der Waals surface area contributed by atoms with Crippen molar-refractivity contribution in [1.82, 2.24) is 4.98 Å². The molecule has 1 fully saturated rings. The summed E-state index contributed by atoms with van der Waals surface area (Å²) in [7, 11) is 0. The van der Waals surface area contributed by atoms with Crippen LogP contribution < -0.4 is 4.74 Å². The lowest BCUT2D eigenvalue weighted by atomic mass is 9.94. The van der Waals surface area contributed by atoms with Gasteiger partial charge in [-0.2, -0.15) is 8.78 Å². The highest BCUT2D eigenvalue weighted by molar-refractivity contribution is 5.79. The molecule has 26 heavy (non-hydrogen) atoms. The van der Waals surface area contributed by atoms with E-state index in [4.69, 9.17) is 9.47 Å². The third-order valence-electron chi connectivity index (χ3n) is 4.47. The SMILES string of the molecule is O=C(OCc1ccccc1Oc1cccnc1)C(F)(F)C1(O)CCCC1. The molecule has 0 spiro atoms. The molecule has 0 bridgehead atoms. The second-order valence-electron chi connectivity index (χ2n) is 6.29. The molecular weight excluding hydrogens is 344 g/mol. The molecule has 1 saturated carbocycles. The molecular formula is C19H19F2NO4. The molecule has 0 atom stereocenters. The van der Waals surface area contributed by atoms with Gasteiger partial charge in [-0.3, -0.25) is 4.98 Å². The van der Waals surface area contributed by atoms with E-state index in [0.29, 0.717) is 29.9 Å². The normalized spacial score (nSPS) is 16.3. The van der Waals surface area contributed by atoms with Crippen LogP contribution in [0.5, 0.6) is 11.5 Å². The Morgan fingerprint density at radius 1 is 1.19 bits per heavy atom. The Kier molecular flexibility index (Phi) is 5.18. The number of hydrogen-bond donors (Lipinski definition) is 1. The van der Waals surface area contributed by atoms with E-state index in [1.807, 2.05) is 0 Å². The van der Waals surface area contributed by atoms with Gasteiger partial charge in [0.15, 0.2) is 0 Å². The Morgan fingerprint density at radius 3 is 2.62 bits per heavy atom. The number of para-hydroxylation sites is 1. The number of alkyl halides is 2. The number of carbonyl (C=O) groups excluding carboxylic acids is 1. The number of aromatic nitrogens is 1. The van der Waals surface area contributed by atoms with Crippen molar-refractivity contribution in [3.8, 4) is 11.5 Å². The number of nitrogens with zero attached hydrogens (tertiary/aromatic N) is 1. The number of carbonyl (C=O) groups is 1. The van der Waals surface area contributed by atoms with Gasteiger partial charge in [0.1, 0.15) is 23.7 Å². The summed E-state index contributed by atoms with van der Waals surface area (Å²) in [6.07, 6.45) is 3.79. The maximum atomic E-state index is 14.3. The van der Waals surface area contributed by atoms with Crippen LogP contribution in [0.4, 0.5) is 8.78 Å². The fourth-order valence-electron chi connectivity index (χ4n) is 2.95. The lowest BCUT2D eigenvalue weighted by Gasteiger charge is -2.30. The van der Waals surface area contributed by atoms with E-state index >= 15 is 0 Å². The van der Waals surface area contributed by atoms with Crippen LogP contribution in [0.15, 0.2) is 48.8 Å². The van der Waals surface area contributed by atoms with E-state index in [-0.39, 0.29) is 19.4 Å². The molecule has 0 radical (unpaired) electrons. The molecule has 1 heterocycles. The zero-order valence-electron chi connectivity index (χ0n) is 14.0. The van der Waals surface area contributed by atoms with Gasteiger partial charge < -0.3 is 14.6 Å². The lowest BCUT2D eigenvalue weighted by Crippen LogP contribution is -2.52. The fraction of sp³-hybridized carbons (Fsp3) is 0.368. The summed E-state index contributed by atoms with van der Waals surface area (Å²) in [5.41, 5.74) is -1.89. The number of pyridine rings is 1. The number of hydrogen-bond acceptors (Lipinski definition) is 5. The van der Waals surface area contributed by atoms with Crippen molar-refractivity contribution in [3.63, 3.8) is 0 Å². The zero-order chi connectivity index (χ0) is 18.6. The van der Waals surface area contributed by atoms with Crippen LogP contribution in [0.2, 0.25) is 0 Å². The van der Waals surface area contributed by atoms with Crippen LogP contribution in [0, 0.1) is 0 Å². The van der Waals surface area contributed by atoms with E-state index in [1.54, 1.807) is 42.6 Å². The van der Waals surface area contributed by atoms with E-state index in [2.05, 4.69) is 4.98 Å².